The third kappa shape index (κ3) is 9.29. The Labute approximate surface area is 351 Å². The van der Waals surface area contributed by atoms with Gasteiger partial charge in [-0.1, -0.05) is 57.2 Å². The van der Waals surface area contributed by atoms with Crippen molar-refractivity contribution in [1.29, 1.82) is 0 Å². The number of methoxy groups -OCH3 is 1. The molecule has 17 heteroatoms. The second-order valence-corrected chi connectivity index (χ2v) is 17.5. The number of esters is 1. The van der Waals surface area contributed by atoms with Crippen LogP contribution < -0.4 is 5.73 Å². The number of likely N-dealkylation sites (N-methyl/N-ethyl adjacent to an activating group) is 1. The number of ketones is 2. The van der Waals surface area contributed by atoms with E-state index < -0.39 is 83.1 Å². The molecule has 3 fully saturated rings. The number of aliphatic hydroxyl groups excluding tert-OH is 1. The Morgan fingerprint density at radius 2 is 1.75 bits per heavy atom. The fourth-order valence-electron chi connectivity index (χ4n) is 9.26. The van der Waals surface area contributed by atoms with Crippen molar-refractivity contribution in [2.45, 2.75) is 141 Å². The second-order valence-electron chi connectivity index (χ2n) is 17.5. The molecule has 1 amide bonds. The van der Waals surface area contributed by atoms with E-state index in [1.807, 2.05) is 38.1 Å². The number of anilines is 1. The third-order valence-corrected chi connectivity index (χ3v) is 12.7. The zero-order valence-corrected chi connectivity index (χ0v) is 36.7. The van der Waals surface area contributed by atoms with E-state index in [0.29, 0.717) is 24.3 Å². The number of ether oxygens (including phenoxy) is 5. The van der Waals surface area contributed by atoms with E-state index in [0.717, 1.165) is 12.5 Å². The lowest BCUT2D eigenvalue weighted by Crippen LogP contribution is -2.61. The molecule has 332 valence electrons. The number of fused-ring (bicyclic) bond motifs is 1. The summed E-state index contributed by atoms with van der Waals surface area (Å²) in [5.74, 6) is -5.96. The normalized spacial score (nSPS) is 37.3. The number of aromatic nitrogens is 3. The number of hydrogen-bond donors (Lipinski definition) is 2. The van der Waals surface area contributed by atoms with Crippen LogP contribution >= 0.6 is 0 Å². The minimum absolute atomic E-state index is 0.00481. The monoisotopic (exact) mass is 842 g/mol. The smallest absolute Gasteiger partial charge is 0.411 e. The molecule has 5 rings (SSSR count). The van der Waals surface area contributed by atoms with Gasteiger partial charge in [-0.3, -0.25) is 14.5 Å². The summed E-state index contributed by atoms with van der Waals surface area (Å²) < 4.78 is 49.0. The maximum absolute atomic E-state index is 16.9. The van der Waals surface area contributed by atoms with E-state index in [4.69, 9.17) is 29.4 Å². The van der Waals surface area contributed by atoms with Crippen LogP contribution in [0.25, 0.3) is 11.3 Å². The lowest BCUT2D eigenvalue weighted by atomic mass is 9.73. The number of carbonyl (C=O) groups is 4. The Morgan fingerprint density at radius 1 is 1.07 bits per heavy atom. The highest BCUT2D eigenvalue weighted by Gasteiger charge is 2.61. The first-order valence-electron chi connectivity index (χ1n) is 20.7. The topological polar surface area (TPSA) is 198 Å². The fraction of sp³-hybridized carbons (Fsp3) is 0.674. The van der Waals surface area contributed by atoms with Crippen LogP contribution in [0.3, 0.4) is 0 Å². The van der Waals surface area contributed by atoms with Crippen LogP contribution in [-0.4, -0.2) is 141 Å². The Bertz CT molecular complexity index is 1910. The first-order valence-corrected chi connectivity index (χ1v) is 20.7. The van der Waals surface area contributed by atoms with Gasteiger partial charge in [0.15, 0.2) is 17.7 Å². The number of cyclic esters (lactones) is 1. The molecular weight excluding hydrogens is 780 g/mol. The van der Waals surface area contributed by atoms with Crippen molar-refractivity contribution < 1.29 is 52.4 Å². The molecule has 3 N–H and O–H groups in total. The molecule has 3 aliphatic heterocycles. The molecule has 2 aromatic rings. The summed E-state index contributed by atoms with van der Waals surface area (Å²) in [5.41, 5.74) is 1.66. The number of carbonyl (C=O) groups excluding carboxylic acids is 4. The van der Waals surface area contributed by atoms with E-state index >= 15 is 4.39 Å². The number of amides is 1. The van der Waals surface area contributed by atoms with Crippen LogP contribution in [0.1, 0.15) is 74.7 Å². The van der Waals surface area contributed by atoms with Gasteiger partial charge in [0, 0.05) is 48.7 Å². The number of nitrogens with zero attached hydrogens (tertiary/aromatic N) is 5. The van der Waals surface area contributed by atoms with Gasteiger partial charge in [-0.25, -0.2) is 18.7 Å². The number of aliphatic hydroxyl groups is 1. The summed E-state index contributed by atoms with van der Waals surface area (Å²) in [6.07, 6.45) is -0.305. The number of rotatable bonds is 10. The van der Waals surface area contributed by atoms with Crippen molar-refractivity contribution in [2.24, 2.45) is 17.8 Å². The molecule has 3 saturated heterocycles. The molecule has 60 heavy (non-hydrogen) atoms. The van der Waals surface area contributed by atoms with Gasteiger partial charge in [-0.05, 0) is 73.2 Å². The maximum Gasteiger partial charge on any atom is 0.411 e. The number of Topliss-reactive ketones (excluding diaryl/α,β-unsaturated/α-hetero) is 2. The van der Waals surface area contributed by atoms with Crippen molar-refractivity contribution >= 4 is 29.3 Å². The van der Waals surface area contributed by atoms with Gasteiger partial charge in [0.25, 0.3) is 5.67 Å². The van der Waals surface area contributed by atoms with E-state index in [2.05, 4.69) is 10.3 Å². The molecule has 16 nitrogen and oxygen atoms in total. The number of nitrogens with two attached hydrogens (primary N) is 1. The summed E-state index contributed by atoms with van der Waals surface area (Å²) in [7, 11) is 5.02. The third-order valence-electron chi connectivity index (χ3n) is 12.7. The van der Waals surface area contributed by atoms with E-state index in [1.54, 1.807) is 69.8 Å². The lowest BCUT2D eigenvalue weighted by Gasteiger charge is -2.47. The van der Waals surface area contributed by atoms with Crippen LogP contribution in [-0.2, 0) is 44.6 Å². The Hall–Kier alpha value is -4.29. The highest BCUT2D eigenvalue weighted by atomic mass is 19.1. The lowest BCUT2D eigenvalue weighted by molar-refractivity contribution is -0.295. The van der Waals surface area contributed by atoms with Crippen LogP contribution in [0.5, 0.6) is 0 Å². The standard InChI is InChI=1S/C43H63FN6O10/c1-12-32-43(8)35(50(40(55)60-43)19-14-13-18-49-23-30(46-47-49)28-16-15-17-29(45)21-28)26(4)33(51)24(2)22-41(6,56-11)37(27(5)36(53)42(7,44)39(54)58-32)59-38-34(52)31(48(9)10)20-25(3)57-38/h13-17,21,23-27,31-32,34-35,37-38,52H,12,18-20,22,45H2,1-11H3/b14-13+/t24-,25-,26+,27+,31+,32-,34-,35-,37-,38+,41-,42+,43-/m1/s1. The Morgan fingerprint density at radius 3 is 2.38 bits per heavy atom. The van der Waals surface area contributed by atoms with Crippen molar-refractivity contribution in [3.63, 3.8) is 0 Å². The summed E-state index contributed by atoms with van der Waals surface area (Å²) >= 11 is 0. The van der Waals surface area contributed by atoms with Gasteiger partial charge in [0.1, 0.15) is 23.7 Å². The molecule has 13 atom stereocenters. The quantitative estimate of drug-likeness (QED) is 0.148. The molecule has 0 radical (unpaired) electrons. The number of benzene rings is 1. The summed E-state index contributed by atoms with van der Waals surface area (Å²) in [6.45, 7) is 12.7. The zero-order valence-electron chi connectivity index (χ0n) is 36.7. The molecule has 1 aromatic carbocycles. The number of hydrogen-bond acceptors (Lipinski definition) is 14. The molecule has 4 heterocycles. The fourth-order valence-corrected chi connectivity index (χ4v) is 9.26. The molecule has 3 aliphatic rings. The zero-order chi connectivity index (χ0) is 44.5. The average molecular weight is 843 g/mol. The average Bonchev–Trinajstić information content (AvgIpc) is 3.78. The van der Waals surface area contributed by atoms with Crippen molar-refractivity contribution in [2.75, 3.05) is 33.5 Å². The van der Waals surface area contributed by atoms with Gasteiger partial charge >= 0.3 is 12.1 Å². The predicted molar refractivity (Wildman–Crippen MR) is 219 cm³/mol. The molecule has 0 bridgehead atoms. The van der Waals surface area contributed by atoms with Crippen LogP contribution in [0.15, 0.2) is 42.6 Å². The second kappa shape index (κ2) is 18.4. The highest BCUT2D eigenvalue weighted by molar-refractivity contribution is 6.08. The first kappa shape index (κ1) is 46.8. The van der Waals surface area contributed by atoms with Crippen LogP contribution in [0, 0.1) is 17.8 Å². The minimum atomic E-state index is -3.20. The van der Waals surface area contributed by atoms with Crippen LogP contribution in [0.2, 0.25) is 0 Å². The van der Waals surface area contributed by atoms with E-state index in [-0.39, 0.29) is 37.3 Å². The summed E-state index contributed by atoms with van der Waals surface area (Å²) in [6, 6.07) is 5.91. The molecule has 0 saturated carbocycles. The highest BCUT2D eigenvalue weighted by Crippen LogP contribution is 2.43. The van der Waals surface area contributed by atoms with Crippen molar-refractivity contribution in [3.05, 3.63) is 42.6 Å². The van der Waals surface area contributed by atoms with Gasteiger partial charge in [-0.15, -0.1) is 5.10 Å². The van der Waals surface area contributed by atoms with Crippen molar-refractivity contribution in [3.8, 4) is 11.3 Å². The molecule has 0 aliphatic carbocycles. The SMILES string of the molecule is CC[C@H]1OC(=O)[C@@](C)(F)C(=O)[C@H](C)[C@@H](O[C@@H]2O[C@H](C)C[C@H](N(C)C)[C@H]2O)[C@](C)(OC)C[C@@H](C)C(=O)[C@H](C)[C@H]2N(C/C=C/Cn3cc(-c4cccc(N)c4)nn3)C(=O)O[C@]12C. The molecule has 0 spiro atoms. The minimum Gasteiger partial charge on any atom is -0.455 e. The van der Waals surface area contributed by atoms with E-state index in [1.165, 1.54) is 18.9 Å². The van der Waals surface area contributed by atoms with Crippen LogP contribution in [0.4, 0.5) is 14.9 Å². The van der Waals surface area contributed by atoms with E-state index in [9.17, 15) is 24.3 Å². The van der Waals surface area contributed by atoms with Gasteiger partial charge < -0.3 is 39.4 Å². The van der Waals surface area contributed by atoms with Crippen molar-refractivity contribution in [1.82, 2.24) is 24.8 Å². The number of halogens is 1. The maximum atomic E-state index is 16.9. The van der Waals surface area contributed by atoms with Gasteiger partial charge in [-0.2, -0.15) is 0 Å². The number of nitrogen functional groups attached to an aromatic ring is 1. The summed E-state index contributed by atoms with van der Waals surface area (Å²) in [4.78, 5) is 59.9. The summed E-state index contributed by atoms with van der Waals surface area (Å²) in [5, 5.41) is 19.8. The number of alkyl halides is 1. The molecular formula is C43H63FN6O10. The first-order chi connectivity index (χ1) is 28.1. The largest absolute Gasteiger partial charge is 0.455 e. The number of allylic oxidation sites excluding steroid dienone is 1. The molecule has 0 unspecified atom stereocenters. The van der Waals surface area contributed by atoms with Gasteiger partial charge in [0.05, 0.1) is 36.6 Å². The molecule has 1 aromatic heterocycles. The Kier molecular flexibility index (Phi) is 14.3. The van der Waals surface area contributed by atoms with Gasteiger partial charge in [0.2, 0.25) is 0 Å². The predicted octanol–water partition coefficient (Wildman–Crippen LogP) is 4.38. The Balaban J connectivity index is 1.48.